The Kier molecular flexibility index (Phi) is 7.85. The van der Waals surface area contributed by atoms with E-state index in [4.69, 9.17) is 0 Å². The molecule has 0 unspecified atom stereocenters. The molecule has 0 saturated carbocycles. The van der Waals surface area contributed by atoms with Gasteiger partial charge in [-0.2, -0.15) is 4.31 Å². The van der Waals surface area contributed by atoms with Crippen LogP contribution >= 0.6 is 0 Å². The maximum Gasteiger partial charge on any atom is 0.245 e. The van der Waals surface area contributed by atoms with E-state index >= 15 is 0 Å². The number of rotatable bonds is 9. The number of nitrogens with zero attached hydrogens (tertiary/aromatic N) is 2. The molecule has 1 N–H and O–H groups in total. The van der Waals surface area contributed by atoms with E-state index in [1.54, 1.807) is 26.0 Å². The van der Waals surface area contributed by atoms with E-state index in [0.717, 1.165) is 21.7 Å². The second-order valence-electron chi connectivity index (χ2n) is 7.28. The quantitative estimate of drug-likeness (QED) is 0.611. The van der Waals surface area contributed by atoms with E-state index in [9.17, 15) is 21.6 Å². The maximum atomic E-state index is 12.6. The van der Waals surface area contributed by atoms with E-state index in [2.05, 4.69) is 5.32 Å². The summed E-state index contributed by atoms with van der Waals surface area (Å²) < 4.78 is 52.1. The van der Waals surface area contributed by atoms with Crippen molar-refractivity contribution in [3.63, 3.8) is 0 Å². The molecule has 2 aromatic carbocycles. The Morgan fingerprint density at radius 3 is 1.87 bits per heavy atom. The van der Waals surface area contributed by atoms with Crippen LogP contribution in [0.4, 0.5) is 11.4 Å². The third-order valence-corrected chi connectivity index (χ3v) is 7.87. The number of nitrogens with one attached hydrogen (secondary N) is 1. The SMILES string of the molecule is CCN(CC)S(=O)(=O)c1ccc(NC(=O)CN(c2cc(C)cc(C)c2)S(C)(=O)=O)cc1. The highest BCUT2D eigenvalue weighted by molar-refractivity contribution is 7.92. The molecular weight excluding hydrogens is 438 g/mol. The maximum absolute atomic E-state index is 12.6. The lowest BCUT2D eigenvalue weighted by atomic mass is 10.1. The van der Waals surface area contributed by atoms with Crippen LogP contribution in [0, 0.1) is 13.8 Å². The number of aryl methyl sites for hydroxylation is 2. The Bertz CT molecular complexity index is 1120. The van der Waals surface area contributed by atoms with E-state index < -0.39 is 32.5 Å². The van der Waals surface area contributed by atoms with E-state index in [1.165, 1.54) is 28.6 Å². The Labute approximate surface area is 185 Å². The molecule has 0 saturated heterocycles. The van der Waals surface area contributed by atoms with Crippen LogP contribution in [0.3, 0.4) is 0 Å². The van der Waals surface area contributed by atoms with Crippen molar-refractivity contribution in [2.45, 2.75) is 32.6 Å². The van der Waals surface area contributed by atoms with Gasteiger partial charge in [0.05, 0.1) is 16.8 Å². The average Bonchev–Trinajstić information content (AvgIpc) is 2.65. The number of amides is 1. The first kappa shape index (κ1) is 24.8. The zero-order chi connectivity index (χ0) is 23.4. The second kappa shape index (κ2) is 9.80. The lowest BCUT2D eigenvalue weighted by molar-refractivity contribution is -0.114. The third kappa shape index (κ3) is 6.28. The number of benzene rings is 2. The van der Waals surface area contributed by atoms with Crippen molar-refractivity contribution in [2.75, 3.05) is 35.5 Å². The van der Waals surface area contributed by atoms with Crippen LogP contribution in [0.15, 0.2) is 47.4 Å². The number of hydrogen-bond acceptors (Lipinski definition) is 5. The molecule has 170 valence electrons. The molecule has 0 spiro atoms. The Balaban J connectivity index is 2.20. The van der Waals surface area contributed by atoms with Gasteiger partial charge in [0.15, 0.2) is 0 Å². The summed E-state index contributed by atoms with van der Waals surface area (Å²) in [7, 11) is -7.29. The molecule has 0 aromatic heterocycles. The Morgan fingerprint density at radius 2 is 1.42 bits per heavy atom. The van der Waals surface area contributed by atoms with Crippen LogP contribution in [0.2, 0.25) is 0 Å². The molecule has 0 heterocycles. The monoisotopic (exact) mass is 467 g/mol. The van der Waals surface area contributed by atoms with Gasteiger partial charge in [0.2, 0.25) is 26.0 Å². The van der Waals surface area contributed by atoms with Gasteiger partial charge < -0.3 is 5.32 Å². The fourth-order valence-electron chi connectivity index (χ4n) is 3.25. The first-order chi connectivity index (χ1) is 14.4. The van der Waals surface area contributed by atoms with Gasteiger partial charge in [-0.1, -0.05) is 19.9 Å². The van der Waals surface area contributed by atoms with Crippen LogP contribution in [0.5, 0.6) is 0 Å². The summed E-state index contributed by atoms with van der Waals surface area (Å²) in [5.74, 6) is -0.538. The highest BCUT2D eigenvalue weighted by atomic mass is 32.2. The van der Waals surface area contributed by atoms with Crippen molar-refractivity contribution in [2.24, 2.45) is 0 Å². The standard InChI is InChI=1S/C21H29N3O5S2/c1-6-23(7-2)31(28,29)20-10-8-18(9-11-20)22-21(25)15-24(30(5,26)27)19-13-16(3)12-17(4)14-19/h8-14H,6-7,15H2,1-5H3,(H,22,25). The first-order valence-corrected chi connectivity index (χ1v) is 13.1. The fourth-order valence-corrected chi connectivity index (χ4v) is 5.55. The molecule has 0 radical (unpaired) electrons. The van der Waals surface area contributed by atoms with Crippen molar-refractivity contribution in [1.29, 1.82) is 0 Å². The lowest BCUT2D eigenvalue weighted by Crippen LogP contribution is -2.37. The number of anilines is 2. The summed E-state index contributed by atoms with van der Waals surface area (Å²) in [5.41, 5.74) is 2.55. The Hall–Kier alpha value is -2.43. The number of hydrogen-bond donors (Lipinski definition) is 1. The van der Waals surface area contributed by atoms with Crippen LogP contribution in [0.25, 0.3) is 0 Å². The number of sulfonamides is 2. The highest BCUT2D eigenvalue weighted by Crippen LogP contribution is 2.22. The van der Waals surface area contributed by atoms with E-state index in [0.29, 0.717) is 24.5 Å². The zero-order valence-corrected chi connectivity index (χ0v) is 20.0. The summed E-state index contributed by atoms with van der Waals surface area (Å²) in [6, 6.07) is 11.1. The fraction of sp³-hybridized carbons (Fsp3) is 0.381. The van der Waals surface area contributed by atoms with Gasteiger partial charge in [-0.15, -0.1) is 0 Å². The van der Waals surface area contributed by atoms with Crippen LogP contribution < -0.4 is 9.62 Å². The van der Waals surface area contributed by atoms with Crippen LogP contribution in [0.1, 0.15) is 25.0 Å². The molecule has 0 atom stereocenters. The largest absolute Gasteiger partial charge is 0.325 e. The van der Waals surface area contributed by atoms with Gasteiger partial charge in [-0.05, 0) is 61.4 Å². The lowest BCUT2D eigenvalue weighted by Gasteiger charge is -2.23. The van der Waals surface area contributed by atoms with Gasteiger partial charge in [0.1, 0.15) is 6.54 Å². The first-order valence-electron chi connectivity index (χ1n) is 9.84. The van der Waals surface area contributed by atoms with Crippen molar-refractivity contribution in [3.05, 3.63) is 53.6 Å². The van der Waals surface area contributed by atoms with Crippen LogP contribution in [-0.2, 0) is 24.8 Å². The van der Waals surface area contributed by atoms with E-state index in [1.807, 2.05) is 19.9 Å². The summed E-state index contributed by atoms with van der Waals surface area (Å²) >= 11 is 0. The Morgan fingerprint density at radius 1 is 0.903 bits per heavy atom. The predicted molar refractivity (Wildman–Crippen MR) is 123 cm³/mol. The smallest absolute Gasteiger partial charge is 0.245 e. The second-order valence-corrected chi connectivity index (χ2v) is 11.1. The molecule has 0 fully saturated rings. The van der Waals surface area contributed by atoms with Crippen molar-refractivity contribution < 1.29 is 21.6 Å². The van der Waals surface area contributed by atoms with Crippen molar-refractivity contribution in [3.8, 4) is 0 Å². The molecule has 10 heteroatoms. The summed E-state index contributed by atoms with van der Waals surface area (Å²) in [5, 5.41) is 2.63. The van der Waals surface area contributed by atoms with Gasteiger partial charge in [-0.3, -0.25) is 9.10 Å². The van der Waals surface area contributed by atoms with Gasteiger partial charge in [0, 0.05) is 18.8 Å². The molecule has 8 nitrogen and oxygen atoms in total. The molecule has 0 aliphatic rings. The normalized spacial score (nSPS) is 12.1. The summed E-state index contributed by atoms with van der Waals surface area (Å²) in [4.78, 5) is 12.7. The van der Waals surface area contributed by atoms with Gasteiger partial charge in [-0.25, -0.2) is 16.8 Å². The predicted octanol–water partition coefficient (Wildman–Crippen LogP) is 2.74. The van der Waals surface area contributed by atoms with E-state index in [-0.39, 0.29) is 4.90 Å². The van der Waals surface area contributed by atoms with Crippen LogP contribution in [-0.4, -0.2) is 52.9 Å². The van der Waals surface area contributed by atoms with Gasteiger partial charge >= 0.3 is 0 Å². The zero-order valence-electron chi connectivity index (χ0n) is 18.4. The highest BCUT2D eigenvalue weighted by Gasteiger charge is 2.23. The molecule has 0 bridgehead atoms. The van der Waals surface area contributed by atoms with Gasteiger partial charge in [0.25, 0.3) is 0 Å². The molecule has 0 aliphatic heterocycles. The minimum atomic E-state index is -3.69. The minimum Gasteiger partial charge on any atom is -0.325 e. The topological polar surface area (TPSA) is 104 Å². The third-order valence-electron chi connectivity index (χ3n) is 4.66. The molecule has 2 rings (SSSR count). The summed E-state index contributed by atoms with van der Waals surface area (Å²) in [6.07, 6.45) is 1.05. The number of carbonyl (C=O) groups excluding carboxylic acids is 1. The molecule has 2 aromatic rings. The molecule has 1 amide bonds. The number of carbonyl (C=O) groups is 1. The molecule has 0 aliphatic carbocycles. The average molecular weight is 468 g/mol. The van der Waals surface area contributed by atoms with Crippen molar-refractivity contribution >= 4 is 37.3 Å². The summed E-state index contributed by atoms with van der Waals surface area (Å²) in [6.45, 7) is 7.54. The minimum absolute atomic E-state index is 0.127. The molecular formula is C21H29N3O5S2. The van der Waals surface area contributed by atoms with Crippen molar-refractivity contribution in [1.82, 2.24) is 4.31 Å². The molecule has 31 heavy (non-hydrogen) atoms.